The second-order valence-electron chi connectivity index (χ2n) is 8.29. The summed E-state index contributed by atoms with van der Waals surface area (Å²) in [6.07, 6.45) is 4.62. The largest absolute Gasteiger partial charge is 0.481 e. The maximum atomic E-state index is 12.9. The zero-order chi connectivity index (χ0) is 17.5. The standard InChI is InChI=1S/C19H27NO3S/c1-19(2,3)13-6-7-14-15(11-24-16(14)9-13)17(21)20-8-4-5-12(10-20)18(22)23/h11-13H,4-10H2,1-3H3,(H,22,23). The molecule has 0 aromatic carbocycles. The number of nitrogens with zero attached hydrogens (tertiary/aromatic N) is 1. The Hall–Kier alpha value is -1.36. The summed E-state index contributed by atoms with van der Waals surface area (Å²) in [4.78, 5) is 27.3. The van der Waals surface area contributed by atoms with Gasteiger partial charge in [-0.3, -0.25) is 9.59 Å². The number of rotatable bonds is 2. The molecule has 24 heavy (non-hydrogen) atoms. The van der Waals surface area contributed by atoms with Crippen molar-refractivity contribution in [2.75, 3.05) is 13.1 Å². The van der Waals surface area contributed by atoms with Gasteiger partial charge in [-0.1, -0.05) is 20.8 Å². The first-order valence-electron chi connectivity index (χ1n) is 8.88. The fourth-order valence-electron chi connectivity index (χ4n) is 3.96. The van der Waals surface area contributed by atoms with Crippen molar-refractivity contribution in [1.29, 1.82) is 0 Å². The molecule has 0 spiro atoms. The molecule has 0 radical (unpaired) electrons. The minimum absolute atomic E-state index is 0.0349. The lowest BCUT2D eigenvalue weighted by molar-refractivity contribution is -0.143. The monoisotopic (exact) mass is 349 g/mol. The summed E-state index contributed by atoms with van der Waals surface area (Å²) >= 11 is 1.71. The number of carboxylic acid groups (broad SMARTS) is 1. The molecule has 132 valence electrons. The van der Waals surface area contributed by atoms with Crippen molar-refractivity contribution in [3.8, 4) is 0 Å². The summed E-state index contributed by atoms with van der Waals surface area (Å²) in [5.41, 5.74) is 2.35. The van der Waals surface area contributed by atoms with Gasteiger partial charge in [0.2, 0.25) is 0 Å². The number of aliphatic carboxylic acids is 1. The van der Waals surface area contributed by atoms with Gasteiger partial charge >= 0.3 is 5.97 Å². The molecule has 5 heteroatoms. The van der Waals surface area contributed by atoms with Crippen LogP contribution >= 0.6 is 11.3 Å². The number of amides is 1. The van der Waals surface area contributed by atoms with Gasteiger partial charge < -0.3 is 10.0 Å². The highest BCUT2D eigenvalue weighted by atomic mass is 32.1. The number of piperidine rings is 1. The first-order valence-corrected chi connectivity index (χ1v) is 9.76. The molecule has 1 fully saturated rings. The number of hydrogen-bond acceptors (Lipinski definition) is 3. The third kappa shape index (κ3) is 3.37. The molecular formula is C19H27NO3S. The van der Waals surface area contributed by atoms with E-state index >= 15 is 0 Å². The van der Waals surface area contributed by atoms with Crippen LogP contribution in [0.1, 0.15) is 60.8 Å². The zero-order valence-corrected chi connectivity index (χ0v) is 15.6. The molecule has 0 saturated carbocycles. The van der Waals surface area contributed by atoms with E-state index < -0.39 is 11.9 Å². The van der Waals surface area contributed by atoms with Crippen LogP contribution < -0.4 is 0 Å². The summed E-state index contributed by atoms with van der Waals surface area (Å²) in [5.74, 6) is -0.499. The third-order valence-corrected chi connectivity index (χ3v) is 6.72. The highest BCUT2D eigenvalue weighted by molar-refractivity contribution is 7.10. The number of thiophene rings is 1. The summed E-state index contributed by atoms with van der Waals surface area (Å²) in [5, 5.41) is 11.2. The minimum Gasteiger partial charge on any atom is -0.481 e. The van der Waals surface area contributed by atoms with E-state index in [-0.39, 0.29) is 5.91 Å². The number of carbonyl (C=O) groups is 2. The molecule has 2 unspecified atom stereocenters. The van der Waals surface area contributed by atoms with Gasteiger partial charge in [0, 0.05) is 23.3 Å². The smallest absolute Gasteiger partial charge is 0.308 e. The lowest BCUT2D eigenvalue weighted by atomic mass is 9.72. The van der Waals surface area contributed by atoms with Gasteiger partial charge in [-0.05, 0) is 49.0 Å². The summed E-state index contributed by atoms with van der Waals surface area (Å²) in [6.45, 7) is 7.91. The number of carbonyl (C=O) groups excluding carboxylic acids is 1. The van der Waals surface area contributed by atoms with Crippen LogP contribution in [-0.4, -0.2) is 35.0 Å². The fraction of sp³-hybridized carbons (Fsp3) is 0.684. The highest BCUT2D eigenvalue weighted by Gasteiger charge is 2.34. The van der Waals surface area contributed by atoms with Crippen molar-refractivity contribution in [2.45, 2.75) is 52.9 Å². The topological polar surface area (TPSA) is 57.6 Å². The van der Waals surface area contributed by atoms with Crippen molar-refractivity contribution < 1.29 is 14.7 Å². The molecule has 2 atom stereocenters. The highest BCUT2D eigenvalue weighted by Crippen LogP contribution is 2.41. The van der Waals surface area contributed by atoms with E-state index in [4.69, 9.17) is 0 Å². The van der Waals surface area contributed by atoms with Crippen LogP contribution in [0.4, 0.5) is 0 Å². The van der Waals surface area contributed by atoms with Crippen LogP contribution in [0.25, 0.3) is 0 Å². The molecule has 0 bridgehead atoms. The van der Waals surface area contributed by atoms with Crippen LogP contribution in [0.2, 0.25) is 0 Å². The molecule has 1 aromatic heterocycles. The van der Waals surface area contributed by atoms with Crippen LogP contribution in [0, 0.1) is 17.3 Å². The average molecular weight is 349 g/mol. The second-order valence-corrected chi connectivity index (χ2v) is 9.25. The molecule has 2 aliphatic rings. The van der Waals surface area contributed by atoms with Crippen molar-refractivity contribution in [1.82, 2.24) is 4.90 Å². The Morgan fingerprint density at radius 2 is 2.04 bits per heavy atom. The fourth-order valence-corrected chi connectivity index (χ4v) is 5.12. The second kappa shape index (κ2) is 6.51. The van der Waals surface area contributed by atoms with E-state index in [0.29, 0.717) is 30.8 Å². The van der Waals surface area contributed by atoms with E-state index in [2.05, 4.69) is 20.8 Å². The summed E-state index contributed by atoms with van der Waals surface area (Å²) in [6, 6.07) is 0. The lowest BCUT2D eigenvalue weighted by Crippen LogP contribution is -2.42. The van der Waals surface area contributed by atoms with E-state index in [1.807, 2.05) is 5.38 Å². The molecule has 1 amide bonds. The molecule has 1 aromatic rings. The Kier molecular flexibility index (Phi) is 4.73. The third-order valence-electron chi connectivity index (χ3n) is 5.67. The summed E-state index contributed by atoms with van der Waals surface area (Å²) < 4.78 is 0. The predicted octanol–water partition coefficient (Wildman–Crippen LogP) is 3.84. The first kappa shape index (κ1) is 17.5. The minimum atomic E-state index is -0.784. The first-order chi connectivity index (χ1) is 11.3. The molecule has 1 aliphatic heterocycles. The van der Waals surface area contributed by atoms with Gasteiger partial charge in [0.25, 0.3) is 5.91 Å². The molecule has 4 nitrogen and oxygen atoms in total. The van der Waals surface area contributed by atoms with Crippen LogP contribution in [0.15, 0.2) is 5.38 Å². The van der Waals surface area contributed by atoms with Gasteiger partial charge in [-0.25, -0.2) is 0 Å². The Labute approximate surface area is 147 Å². The maximum Gasteiger partial charge on any atom is 0.308 e. The van der Waals surface area contributed by atoms with Gasteiger partial charge in [0.1, 0.15) is 0 Å². The van der Waals surface area contributed by atoms with Gasteiger partial charge in [-0.15, -0.1) is 11.3 Å². The Morgan fingerprint density at radius 3 is 2.71 bits per heavy atom. The number of likely N-dealkylation sites (tertiary alicyclic amines) is 1. The van der Waals surface area contributed by atoms with Gasteiger partial charge in [-0.2, -0.15) is 0 Å². The predicted molar refractivity (Wildman–Crippen MR) is 95.6 cm³/mol. The normalized spacial score (nSPS) is 24.5. The van der Waals surface area contributed by atoms with Crippen LogP contribution in [0.3, 0.4) is 0 Å². The quantitative estimate of drug-likeness (QED) is 0.882. The van der Waals surface area contributed by atoms with Gasteiger partial charge in [0.05, 0.1) is 11.5 Å². The van der Waals surface area contributed by atoms with Crippen LogP contribution in [0.5, 0.6) is 0 Å². The van der Waals surface area contributed by atoms with E-state index in [1.54, 1.807) is 16.2 Å². The van der Waals surface area contributed by atoms with E-state index in [1.165, 1.54) is 10.4 Å². The zero-order valence-electron chi connectivity index (χ0n) is 14.8. The molecular weight excluding hydrogens is 322 g/mol. The Balaban J connectivity index is 1.76. The van der Waals surface area contributed by atoms with Gasteiger partial charge in [0.15, 0.2) is 0 Å². The van der Waals surface area contributed by atoms with Crippen molar-refractivity contribution in [3.63, 3.8) is 0 Å². The number of fused-ring (bicyclic) bond motifs is 1. The van der Waals surface area contributed by atoms with Crippen molar-refractivity contribution >= 4 is 23.2 Å². The van der Waals surface area contributed by atoms with Crippen molar-refractivity contribution in [2.24, 2.45) is 17.3 Å². The van der Waals surface area contributed by atoms with E-state index in [9.17, 15) is 14.7 Å². The molecule has 3 rings (SSSR count). The molecule has 2 heterocycles. The SMILES string of the molecule is CC(C)(C)C1CCc2c(C(=O)N3CCCC(C(=O)O)C3)csc2C1. The molecule has 1 aliphatic carbocycles. The maximum absolute atomic E-state index is 12.9. The number of hydrogen-bond donors (Lipinski definition) is 1. The van der Waals surface area contributed by atoms with Crippen LogP contribution in [-0.2, 0) is 17.6 Å². The molecule has 1 N–H and O–H groups in total. The Morgan fingerprint density at radius 1 is 1.29 bits per heavy atom. The number of carboxylic acids is 1. The van der Waals surface area contributed by atoms with Crippen molar-refractivity contribution in [3.05, 3.63) is 21.4 Å². The summed E-state index contributed by atoms with van der Waals surface area (Å²) in [7, 11) is 0. The molecule has 1 saturated heterocycles. The average Bonchev–Trinajstić information content (AvgIpc) is 2.96. The lowest BCUT2D eigenvalue weighted by Gasteiger charge is -2.34. The van der Waals surface area contributed by atoms with E-state index in [0.717, 1.165) is 31.2 Å². The Bertz CT molecular complexity index is 644.